The minimum atomic E-state index is 0.736. The van der Waals surface area contributed by atoms with Crippen molar-refractivity contribution in [3.63, 3.8) is 0 Å². The molecule has 1 aliphatic carbocycles. The molecule has 1 aliphatic rings. The number of rotatable bonds is 1. The van der Waals surface area contributed by atoms with Crippen LogP contribution < -0.4 is 0 Å². The molecule has 48 valence electrons. The van der Waals surface area contributed by atoms with E-state index in [0.717, 1.165) is 11.8 Å². The summed E-state index contributed by atoms with van der Waals surface area (Å²) in [7, 11) is 0. The van der Waals surface area contributed by atoms with E-state index in [9.17, 15) is 0 Å². The Balaban J connectivity index is 2.18. The fourth-order valence-electron chi connectivity index (χ4n) is 1.22. The lowest BCUT2D eigenvalue weighted by Crippen LogP contribution is -1.72. The van der Waals surface area contributed by atoms with Crippen molar-refractivity contribution in [2.24, 2.45) is 5.92 Å². The number of furan rings is 1. The third-order valence-corrected chi connectivity index (χ3v) is 2.02. The minimum Gasteiger partial charge on any atom is -0.469 e. The lowest BCUT2D eigenvalue weighted by atomic mass is 10.3. The van der Waals surface area contributed by atoms with Crippen LogP contribution in [0.1, 0.15) is 25.0 Å². The smallest absolute Gasteiger partial charge is 0.107 e. The van der Waals surface area contributed by atoms with Gasteiger partial charge < -0.3 is 4.42 Å². The standard InChI is InChI=1S/C8H10O/c1-6-5-7(6)8-3-2-4-9-8/h2-4,6-7H,5H2,1H3/t6-,7+/m0/s1. The van der Waals surface area contributed by atoms with Gasteiger partial charge in [-0.05, 0) is 24.5 Å². The largest absolute Gasteiger partial charge is 0.469 e. The summed E-state index contributed by atoms with van der Waals surface area (Å²) < 4.78 is 5.23. The Hall–Kier alpha value is -0.720. The molecule has 0 aliphatic heterocycles. The van der Waals surface area contributed by atoms with Crippen LogP contribution in [0, 0.1) is 5.92 Å². The van der Waals surface area contributed by atoms with Crippen molar-refractivity contribution in [1.29, 1.82) is 0 Å². The fraction of sp³-hybridized carbons (Fsp3) is 0.500. The molecular formula is C8H10O. The first-order chi connectivity index (χ1) is 4.38. The molecule has 1 aromatic heterocycles. The van der Waals surface area contributed by atoms with Crippen LogP contribution in [0.3, 0.4) is 0 Å². The highest BCUT2D eigenvalue weighted by Gasteiger charge is 2.35. The SMILES string of the molecule is C[C@H]1C[C@H]1c1ccco1. The first-order valence-corrected chi connectivity index (χ1v) is 3.41. The van der Waals surface area contributed by atoms with Crippen molar-refractivity contribution in [3.05, 3.63) is 24.2 Å². The molecule has 2 rings (SSSR count). The lowest BCUT2D eigenvalue weighted by Gasteiger charge is -1.86. The fourth-order valence-corrected chi connectivity index (χ4v) is 1.22. The molecule has 1 aromatic rings. The van der Waals surface area contributed by atoms with Gasteiger partial charge in [-0.25, -0.2) is 0 Å². The number of hydrogen-bond acceptors (Lipinski definition) is 1. The van der Waals surface area contributed by atoms with Crippen LogP contribution in [0.25, 0.3) is 0 Å². The van der Waals surface area contributed by atoms with Gasteiger partial charge in [0.1, 0.15) is 5.76 Å². The van der Waals surface area contributed by atoms with Crippen LogP contribution in [0.5, 0.6) is 0 Å². The van der Waals surface area contributed by atoms with E-state index in [0.29, 0.717) is 0 Å². The van der Waals surface area contributed by atoms with E-state index in [2.05, 4.69) is 13.0 Å². The van der Waals surface area contributed by atoms with Gasteiger partial charge in [-0.15, -0.1) is 0 Å². The van der Waals surface area contributed by atoms with Crippen molar-refractivity contribution in [3.8, 4) is 0 Å². The molecule has 1 nitrogen and oxygen atoms in total. The summed E-state index contributed by atoms with van der Waals surface area (Å²) >= 11 is 0. The zero-order valence-electron chi connectivity index (χ0n) is 5.50. The molecule has 1 fully saturated rings. The van der Waals surface area contributed by atoms with Gasteiger partial charge in [0.15, 0.2) is 0 Å². The van der Waals surface area contributed by atoms with Crippen LogP contribution in [0.15, 0.2) is 22.8 Å². The molecule has 1 heterocycles. The van der Waals surface area contributed by atoms with Gasteiger partial charge in [0.25, 0.3) is 0 Å². The van der Waals surface area contributed by atoms with Crippen LogP contribution >= 0.6 is 0 Å². The quantitative estimate of drug-likeness (QED) is 0.557. The Morgan fingerprint density at radius 1 is 1.67 bits per heavy atom. The third kappa shape index (κ3) is 0.766. The highest BCUT2D eigenvalue weighted by atomic mass is 16.3. The summed E-state index contributed by atoms with van der Waals surface area (Å²) in [4.78, 5) is 0. The van der Waals surface area contributed by atoms with Gasteiger partial charge in [0.2, 0.25) is 0 Å². The Bertz CT molecular complexity index is 188. The predicted octanol–water partition coefficient (Wildman–Crippen LogP) is 2.40. The first kappa shape index (κ1) is 5.10. The zero-order chi connectivity index (χ0) is 6.27. The monoisotopic (exact) mass is 122 g/mol. The van der Waals surface area contributed by atoms with Crippen molar-refractivity contribution >= 4 is 0 Å². The van der Waals surface area contributed by atoms with Gasteiger partial charge in [-0.2, -0.15) is 0 Å². The Morgan fingerprint density at radius 3 is 2.89 bits per heavy atom. The average Bonchev–Trinajstić information content (AvgIpc) is 2.44. The molecule has 0 bridgehead atoms. The lowest BCUT2D eigenvalue weighted by molar-refractivity contribution is 0.506. The van der Waals surface area contributed by atoms with Gasteiger partial charge >= 0.3 is 0 Å². The van der Waals surface area contributed by atoms with E-state index in [1.807, 2.05) is 6.07 Å². The van der Waals surface area contributed by atoms with E-state index in [4.69, 9.17) is 4.42 Å². The molecule has 1 saturated carbocycles. The summed E-state index contributed by atoms with van der Waals surface area (Å²) in [5.74, 6) is 2.76. The second-order valence-corrected chi connectivity index (χ2v) is 2.83. The molecule has 0 N–H and O–H groups in total. The van der Waals surface area contributed by atoms with E-state index < -0.39 is 0 Å². The molecule has 0 radical (unpaired) electrons. The van der Waals surface area contributed by atoms with Gasteiger partial charge in [-0.1, -0.05) is 6.92 Å². The maximum Gasteiger partial charge on any atom is 0.107 e. The second-order valence-electron chi connectivity index (χ2n) is 2.83. The third-order valence-electron chi connectivity index (χ3n) is 2.02. The topological polar surface area (TPSA) is 13.1 Å². The van der Waals surface area contributed by atoms with Crippen LogP contribution in [0.2, 0.25) is 0 Å². The van der Waals surface area contributed by atoms with Gasteiger partial charge in [0.05, 0.1) is 6.26 Å². The van der Waals surface area contributed by atoms with Crippen LogP contribution in [0.4, 0.5) is 0 Å². The molecule has 2 atom stereocenters. The second kappa shape index (κ2) is 1.63. The molecule has 1 heteroatoms. The molecule has 0 spiro atoms. The Morgan fingerprint density at radius 2 is 2.44 bits per heavy atom. The van der Waals surface area contributed by atoms with Crippen molar-refractivity contribution < 1.29 is 4.42 Å². The van der Waals surface area contributed by atoms with E-state index in [1.54, 1.807) is 6.26 Å². The van der Waals surface area contributed by atoms with Gasteiger partial charge in [-0.3, -0.25) is 0 Å². The summed E-state index contributed by atoms with van der Waals surface area (Å²) in [6, 6.07) is 4.02. The average molecular weight is 122 g/mol. The number of hydrogen-bond donors (Lipinski definition) is 0. The van der Waals surface area contributed by atoms with Gasteiger partial charge in [0, 0.05) is 5.92 Å². The van der Waals surface area contributed by atoms with Crippen molar-refractivity contribution in [2.45, 2.75) is 19.3 Å². The Kier molecular flexibility index (Phi) is 0.922. The van der Waals surface area contributed by atoms with Crippen LogP contribution in [-0.4, -0.2) is 0 Å². The minimum absolute atomic E-state index is 0.736. The summed E-state index contributed by atoms with van der Waals surface area (Å²) in [6.45, 7) is 2.26. The molecule has 0 saturated heterocycles. The van der Waals surface area contributed by atoms with Crippen molar-refractivity contribution in [2.75, 3.05) is 0 Å². The molecule has 9 heavy (non-hydrogen) atoms. The first-order valence-electron chi connectivity index (χ1n) is 3.41. The predicted molar refractivity (Wildman–Crippen MR) is 35.2 cm³/mol. The van der Waals surface area contributed by atoms with E-state index >= 15 is 0 Å². The molecule has 0 amide bonds. The van der Waals surface area contributed by atoms with Crippen molar-refractivity contribution in [1.82, 2.24) is 0 Å². The molecule has 0 aromatic carbocycles. The summed E-state index contributed by atoms with van der Waals surface area (Å²) in [5.41, 5.74) is 0. The van der Waals surface area contributed by atoms with Crippen LogP contribution in [-0.2, 0) is 0 Å². The zero-order valence-corrected chi connectivity index (χ0v) is 5.50. The molecule has 0 unspecified atom stereocenters. The highest BCUT2D eigenvalue weighted by Crippen LogP contribution is 2.46. The Labute approximate surface area is 54.7 Å². The highest BCUT2D eigenvalue weighted by molar-refractivity contribution is 5.13. The maximum absolute atomic E-state index is 5.23. The summed E-state index contributed by atoms with van der Waals surface area (Å²) in [5, 5.41) is 0. The summed E-state index contributed by atoms with van der Waals surface area (Å²) in [6.07, 6.45) is 3.06. The normalized spacial score (nSPS) is 32.6. The molecular weight excluding hydrogens is 112 g/mol. The van der Waals surface area contributed by atoms with E-state index in [1.165, 1.54) is 12.2 Å². The van der Waals surface area contributed by atoms with E-state index in [-0.39, 0.29) is 0 Å². The maximum atomic E-state index is 5.23.